The normalized spacial score (nSPS) is 19.3. The van der Waals surface area contributed by atoms with Gasteiger partial charge in [-0.25, -0.2) is 0 Å². The number of carboxylic acids is 1. The molecular formula is C9H7ClO3. The first-order chi connectivity index (χ1) is 6.18. The highest BCUT2D eigenvalue weighted by Gasteiger charge is 2.30. The molecule has 1 N–H and O–H groups in total. The third kappa shape index (κ3) is 1.35. The SMILES string of the molecule is O=C(O)[C@@H]1COc2ccc(Cl)cc21. The Bertz CT molecular complexity index is 362. The highest BCUT2D eigenvalue weighted by atomic mass is 35.5. The maximum atomic E-state index is 10.8. The molecule has 13 heavy (non-hydrogen) atoms. The summed E-state index contributed by atoms with van der Waals surface area (Å²) in [6.45, 7) is 0.199. The lowest BCUT2D eigenvalue weighted by Gasteiger charge is -2.01. The number of aliphatic carboxylic acids is 1. The second kappa shape index (κ2) is 2.92. The molecule has 1 aliphatic rings. The minimum absolute atomic E-state index is 0.199. The van der Waals surface area contributed by atoms with Crippen molar-refractivity contribution in [3.8, 4) is 5.75 Å². The molecule has 1 aliphatic heterocycles. The van der Waals surface area contributed by atoms with Crippen molar-refractivity contribution in [2.24, 2.45) is 0 Å². The standard InChI is InChI=1S/C9H7ClO3/c10-5-1-2-8-6(3-5)7(4-13-8)9(11)12/h1-3,7H,4H2,(H,11,12)/t7-/m1/s1. The quantitative estimate of drug-likeness (QED) is 0.750. The zero-order chi connectivity index (χ0) is 9.42. The molecule has 2 rings (SSSR count). The molecular weight excluding hydrogens is 192 g/mol. The van der Waals surface area contributed by atoms with E-state index in [1.54, 1.807) is 18.2 Å². The summed E-state index contributed by atoms with van der Waals surface area (Å²) in [7, 11) is 0. The molecule has 1 heterocycles. The van der Waals surface area contributed by atoms with E-state index in [1.807, 2.05) is 0 Å². The molecule has 0 fully saturated rings. The molecule has 0 amide bonds. The molecule has 0 aliphatic carbocycles. The van der Waals surface area contributed by atoms with Crippen molar-refractivity contribution in [3.63, 3.8) is 0 Å². The van der Waals surface area contributed by atoms with Gasteiger partial charge in [-0.3, -0.25) is 4.79 Å². The molecule has 1 aromatic carbocycles. The van der Waals surface area contributed by atoms with Gasteiger partial charge in [0.1, 0.15) is 18.3 Å². The Balaban J connectivity index is 2.46. The van der Waals surface area contributed by atoms with Gasteiger partial charge in [0, 0.05) is 10.6 Å². The van der Waals surface area contributed by atoms with Gasteiger partial charge in [-0.05, 0) is 18.2 Å². The van der Waals surface area contributed by atoms with Gasteiger partial charge in [0.2, 0.25) is 0 Å². The number of carboxylic acid groups (broad SMARTS) is 1. The maximum Gasteiger partial charge on any atom is 0.314 e. The molecule has 0 unspecified atom stereocenters. The minimum Gasteiger partial charge on any atom is -0.492 e. The summed E-state index contributed by atoms with van der Waals surface area (Å²) in [6.07, 6.45) is 0. The second-order valence-electron chi connectivity index (χ2n) is 2.88. The molecule has 3 nitrogen and oxygen atoms in total. The Kier molecular flexibility index (Phi) is 1.88. The number of carbonyl (C=O) groups is 1. The molecule has 4 heteroatoms. The Morgan fingerprint density at radius 1 is 1.62 bits per heavy atom. The number of benzene rings is 1. The van der Waals surface area contributed by atoms with Gasteiger partial charge in [-0.1, -0.05) is 11.6 Å². The van der Waals surface area contributed by atoms with E-state index in [-0.39, 0.29) is 6.61 Å². The van der Waals surface area contributed by atoms with E-state index in [4.69, 9.17) is 21.4 Å². The number of ether oxygens (including phenoxy) is 1. The number of halogens is 1. The Morgan fingerprint density at radius 2 is 2.38 bits per heavy atom. The van der Waals surface area contributed by atoms with Crippen molar-refractivity contribution in [3.05, 3.63) is 28.8 Å². The van der Waals surface area contributed by atoms with Crippen LogP contribution in [0.3, 0.4) is 0 Å². The van der Waals surface area contributed by atoms with E-state index >= 15 is 0 Å². The zero-order valence-electron chi connectivity index (χ0n) is 6.66. The average molecular weight is 199 g/mol. The lowest BCUT2D eigenvalue weighted by molar-refractivity contribution is -0.138. The van der Waals surface area contributed by atoms with Crippen molar-refractivity contribution in [2.75, 3.05) is 6.61 Å². The lowest BCUT2D eigenvalue weighted by atomic mass is 10.0. The van der Waals surface area contributed by atoms with Crippen LogP contribution < -0.4 is 4.74 Å². The number of fused-ring (bicyclic) bond motifs is 1. The van der Waals surface area contributed by atoms with Crippen molar-refractivity contribution in [2.45, 2.75) is 5.92 Å². The molecule has 68 valence electrons. The highest BCUT2D eigenvalue weighted by molar-refractivity contribution is 6.30. The van der Waals surface area contributed by atoms with Crippen LogP contribution in [0, 0.1) is 0 Å². The van der Waals surface area contributed by atoms with E-state index < -0.39 is 11.9 Å². The first kappa shape index (κ1) is 8.38. The summed E-state index contributed by atoms with van der Waals surface area (Å²) in [6, 6.07) is 5.02. The largest absolute Gasteiger partial charge is 0.492 e. The first-order valence-electron chi connectivity index (χ1n) is 3.83. The van der Waals surface area contributed by atoms with Crippen LogP contribution in [-0.2, 0) is 4.79 Å². The molecule has 0 spiro atoms. The Hall–Kier alpha value is -1.22. The second-order valence-corrected chi connectivity index (χ2v) is 3.32. The van der Waals surface area contributed by atoms with Crippen LogP contribution in [0.5, 0.6) is 5.75 Å². The fourth-order valence-corrected chi connectivity index (χ4v) is 1.57. The van der Waals surface area contributed by atoms with Crippen molar-refractivity contribution < 1.29 is 14.6 Å². The highest BCUT2D eigenvalue weighted by Crippen LogP contribution is 2.35. The van der Waals surface area contributed by atoms with Gasteiger partial charge in [0.15, 0.2) is 0 Å². The van der Waals surface area contributed by atoms with Gasteiger partial charge < -0.3 is 9.84 Å². The summed E-state index contributed by atoms with van der Waals surface area (Å²) in [5.41, 5.74) is 0.667. The van der Waals surface area contributed by atoms with E-state index in [1.165, 1.54) is 0 Å². The van der Waals surface area contributed by atoms with E-state index in [2.05, 4.69) is 0 Å². The van der Waals surface area contributed by atoms with Crippen molar-refractivity contribution >= 4 is 17.6 Å². The lowest BCUT2D eigenvalue weighted by Crippen LogP contribution is -2.12. The van der Waals surface area contributed by atoms with Gasteiger partial charge in [-0.2, -0.15) is 0 Å². The van der Waals surface area contributed by atoms with Crippen molar-refractivity contribution in [1.29, 1.82) is 0 Å². The molecule has 0 bridgehead atoms. The Labute approximate surface area is 79.9 Å². The summed E-state index contributed by atoms with van der Waals surface area (Å²) in [5.74, 6) is -0.827. The van der Waals surface area contributed by atoms with Crippen LogP contribution in [0.25, 0.3) is 0 Å². The molecule has 0 saturated carbocycles. The van der Waals surface area contributed by atoms with Crippen LogP contribution >= 0.6 is 11.6 Å². The van der Waals surface area contributed by atoms with Crippen LogP contribution in [0.4, 0.5) is 0 Å². The van der Waals surface area contributed by atoms with E-state index in [9.17, 15) is 4.79 Å². The van der Waals surface area contributed by atoms with Gasteiger partial charge >= 0.3 is 5.97 Å². The predicted octanol–water partition coefficient (Wildman–Crippen LogP) is 1.90. The zero-order valence-corrected chi connectivity index (χ0v) is 7.41. The first-order valence-corrected chi connectivity index (χ1v) is 4.21. The topological polar surface area (TPSA) is 46.5 Å². The van der Waals surface area contributed by atoms with Crippen LogP contribution in [0.15, 0.2) is 18.2 Å². The summed E-state index contributed by atoms with van der Waals surface area (Å²) in [5, 5.41) is 9.37. The van der Waals surface area contributed by atoms with Crippen LogP contribution in [0.1, 0.15) is 11.5 Å². The minimum atomic E-state index is -0.874. The predicted molar refractivity (Wildman–Crippen MR) is 47.3 cm³/mol. The van der Waals surface area contributed by atoms with Gasteiger partial charge in [0.05, 0.1) is 0 Å². The number of rotatable bonds is 1. The summed E-state index contributed by atoms with van der Waals surface area (Å²) in [4.78, 5) is 10.8. The number of hydrogen-bond acceptors (Lipinski definition) is 2. The smallest absolute Gasteiger partial charge is 0.314 e. The van der Waals surface area contributed by atoms with E-state index in [0.717, 1.165) is 0 Å². The summed E-state index contributed by atoms with van der Waals surface area (Å²) >= 11 is 5.74. The van der Waals surface area contributed by atoms with Gasteiger partial charge in [0.25, 0.3) is 0 Å². The third-order valence-electron chi connectivity index (χ3n) is 2.05. The molecule has 0 radical (unpaired) electrons. The van der Waals surface area contributed by atoms with Crippen LogP contribution in [-0.4, -0.2) is 17.7 Å². The number of hydrogen-bond donors (Lipinski definition) is 1. The monoisotopic (exact) mass is 198 g/mol. The van der Waals surface area contributed by atoms with E-state index in [0.29, 0.717) is 16.3 Å². The van der Waals surface area contributed by atoms with Crippen molar-refractivity contribution in [1.82, 2.24) is 0 Å². The fraction of sp³-hybridized carbons (Fsp3) is 0.222. The van der Waals surface area contributed by atoms with Gasteiger partial charge in [-0.15, -0.1) is 0 Å². The van der Waals surface area contributed by atoms with Crippen LogP contribution in [0.2, 0.25) is 5.02 Å². The summed E-state index contributed by atoms with van der Waals surface area (Å²) < 4.78 is 5.19. The average Bonchev–Trinajstić information content (AvgIpc) is 2.46. The molecule has 1 aromatic rings. The molecule has 0 saturated heterocycles. The third-order valence-corrected chi connectivity index (χ3v) is 2.29. The fourth-order valence-electron chi connectivity index (χ4n) is 1.39. The maximum absolute atomic E-state index is 10.8. The molecule has 0 aromatic heterocycles. The Morgan fingerprint density at radius 3 is 3.08 bits per heavy atom. The molecule has 1 atom stereocenters.